The number of nitriles is 1. The lowest BCUT2D eigenvalue weighted by molar-refractivity contribution is -0.133. The second-order valence-electron chi connectivity index (χ2n) is 9.71. The summed E-state index contributed by atoms with van der Waals surface area (Å²) in [5.41, 5.74) is 1.14. The predicted octanol–water partition coefficient (Wildman–Crippen LogP) is 3.62. The minimum absolute atomic E-state index is 0.120. The van der Waals surface area contributed by atoms with Crippen LogP contribution >= 0.6 is 11.8 Å². The van der Waals surface area contributed by atoms with Crippen molar-refractivity contribution in [1.82, 2.24) is 34.2 Å². The highest BCUT2D eigenvalue weighted by atomic mass is 32.2. The first-order valence-corrected chi connectivity index (χ1v) is 14.8. The number of carbonyl (C=O) groups is 2. The summed E-state index contributed by atoms with van der Waals surface area (Å²) in [6.45, 7) is 0.0761. The van der Waals surface area contributed by atoms with Crippen LogP contribution in [0.4, 0.5) is 14.5 Å². The number of ether oxygens (including phenoxy) is 1. The van der Waals surface area contributed by atoms with Gasteiger partial charge in [0.1, 0.15) is 23.6 Å². The smallest absolute Gasteiger partial charge is 0.387 e. The van der Waals surface area contributed by atoms with Crippen LogP contribution in [0.2, 0.25) is 0 Å². The Balaban J connectivity index is 1.42. The quantitative estimate of drug-likeness (QED) is 0.200. The summed E-state index contributed by atoms with van der Waals surface area (Å²) in [7, 11) is 0. The van der Waals surface area contributed by atoms with Crippen LogP contribution in [0.5, 0.6) is 5.75 Å². The van der Waals surface area contributed by atoms with Gasteiger partial charge in [-0.15, -0.1) is 11.8 Å². The maximum absolute atomic E-state index is 13.4. The SMILES string of the molecule is CSc1ccc(OC(F)F)c(-c2nn(CC(=O)N3CCN(CCCC#N)CC3)cc2NC(=O)c2cnn3cccnc23)c1. The van der Waals surface area contributed by atoms with Gasteiger partial charge >= 0.3 is 6.61 Å². The summed E-state index contributed by atoms with van der Waals surface area (Å²) in [5, 5.41) is 20.3. The molecular formula is C28H29F2N9O3S. The van der Waals surface area contributed by atoms with Crippen molar-refractivity contribution in [3.63, 3.8) is 0 Å². The number of thioether (sulfide) groups is 1. The van der Waals surface area contributed by atoms with Crippen molar-refractivity contribution in [1.29, 1.82) is 5.26 Å². The van der Waals surface area contributed by atoms with Gasteiger partial charge in [0.2, 0.25) is 5.91 Å². The number of nitrogens with one attached hydrogen (secondary N) is 1. The predicted molar refractivity (Wildman–Crippen MR) is 155 cm³/mol. The summed E-state index contributed by atoms with van der Waals surface area (Å²) in [6, 6.07) is 8.55. The van der Waals surface area contributed by atoms with Crippen LogP contribution in [0.25, 0.3) is 16.9 Å². The highest BCUT2D eigenvalue weighted by molar-refractivity contribution is 7.98. The Hall–Kier alpha value is -4.55. The number of fused-ring (bicyclic) bond motifs is 1. The zero-order valence-corrected chi connectivity index (χ0v) is 24.1. The van der Waals surface area contributed by atoms with Gasteiger partial charge in [0.05, 0.1) is 18.0 Å². The van der Waals surface area contributed by atoms with E-state index in [9.17, 15) is 18.4 Å². The fourth-order valence-electron chi connectivity index (χ4n) is 4.83. The lowest BCUT2D eigenvalue weighted by atomic mass is 10.1. The van der Waals surface area contributed by atoms with E-state index >= 15 is 0 Å². The molecule has 0 saturated carbocycles. The second-order valence-corrected chi connectivity index (χ2v) is 10.6. The number of aromatic nitrogens is 5. The molecule has 0 atom stereocenters. The zero-order valence-electron chi connectivity index (χ0n) is 23.3. The van der Waals surface area contributed by atoms with Crippen LogP contribution in [0.3, 0.4) is 0 Å². The molecule has 0 unspecified atom stereocenters. The van der Waals surface area contributed by atoms with Crippen LogP contribution in [0.1, 0.15) is 23.2 Å². The van der Waals surface area contributed by atoms with E-state index in [1.54, 1.807) is 29.3 Å². The fourth-order valence-corrected chi connectivity index (χ4v) is 5.27. The van der Waals surface area contributed by atoms with E-state index in [0.717, 1.165) is 17.9 Å². The van der Waals surface area contributed by atoms with Crippen molar-refractivity contribution in [3.8, 4) is 23.1 Å². The highest BCUT2D eigenvalue weighted by Crippen LogP contribution is 2.37. The first-order valence-electron chi connectivity index (χ1n) is 13.5. The first-order chi connectivity index (χ1) is 20.9. The molecule has 224 valence electrons. The van der Waals surface area contributed by atoms with Crippen molar-refractivity contribution in [2.24, 2.45) is 0 Å². The third-order valence-electron chi connectivity index (χ3n) is 6.98. The molecule has 2 amide bonds. The normalized spacial score (nSPS) is 13.8. The average molecular weight is 610 g/mol. The number of halogens is 2. The number of nitrogens with zero attached hydrogens (tertiary/aromatic N) is 8. The third kappa shape index (κ3) is 7.09. The number of anilines is 1. The van der Waals surface area contributed by atoms with Gasteiger partial charge in [-0.1, -0.05) is 0 Å². The Bertz CT molecular complexity index is 1640. The van der Waals surface area contributed by atoms with Gasteiger partial charge in [0.15, 0.2) is 5.65 Å². The number of hydrogen-bond acceptors (Lipinski definition) is 9. The number of rotatable bonds is 11. The minimum atomic E-state index is -3.08. The van der Waals surface area contributed by atoms with Gasteiger partial charge in [-0.05, 0) is 43.5 Å². The summed E-state index contributed by atoms with van der Waals surface area (Å²) >= 11 is 1.40. The molecule has 5 rings (SSSR count). The number of benzene rings is 1. The van der Waals surface area contributed by atoms with Crippen molar-refractivity contribution >= 4 is 34.9 Å². The van der Waals surface area contributed by atoms with E-state index < -0.39 is 12.5 Å². The maximum Gasteiger partial charge on any atom is 0.387 e. The van der Waals surface area contributed by atoms with Crippen molar-refractivity contribution in [2.45, 2.75) is 30.9 Å². The Morgan fingerprint density at radius 3 is 2.79 bits per heavy atom. The van der Waals surface area contributed by atoms with Crippen LogP contribution in [0, 0.1) is 11.3 Å². The molecule has 1 aromatic carbocycles. The van der Waals surface area contributed by atoms with E-state index in [1.807, 2.05) is 6.26 Å². The highest BCUT2D eigenvalue weighted by Gasteiger charge is 2.25. The standard InChI is InChI=1S/C28H29F2N9O3S/c1-43-19-5-6-23(42-28(29)30)20(15-19)25-22(34-27(41)21-16-33-39-10-4-8-32-26(21)39)17-38(35-25)18-24(40)37-13-11-36(12-14-37)9-3-2-7-31/h4-6,8,10,15-17,28H,2-3,9,11-14,18H2,1H3,(H,34,41). The molecule has 1 aliphatic rings. The molecule has 0 aliphatic carbocycles. The number of carbonyl (C=O) groups excluding carboxylic acids is 2. The molecule has 1 fully saturated rings. The van der Waals surface area contributed by atoms with Gasteiger partial charge < -0.3 is 15.0 Å². The number of unbranched alkanes of at least 4 members (excludes halogenated alkanes) is 1. The van der Waals surface area contributed by atoms with Crippen LogP contribution in [-0.2, 0) is 11.3 Å². The van der Waals surface area contributed by atoms with E-state index in [-0.39, 0.29) is 40.7 Å². The Morgan fingerprint density at radius 2 is 2.05 bits per heavy atom. The van der Waals surface area contributed by atoms with E-state index in [2.05, 4.69) is 31.5 Å². The largest absolute Gasteiger partial charge is 0.434 e. The summed E-state index contributed by atoms with van der Waals surface area (Å²) in [6.07, 6.45) is 9.20. The van der Waals surface area contributed by atoms with E-state index in [0.29, 0.717) is 38.2 Å². The number of hydrogen-bond donors (Lipinski definition) is 1. The molecule has 1 aliphatic heterocycles. The number of amides is 2. The average Bonchev–Trinajstić information content (AvgIpc) is 3.61. The Labute approximate surface area is 250 Å². The molecule has 1 N–H and O–H groups in total. The van der Waals surface area contributed by atoms with Gasteiger partial charge in [-0.25, -0.2) is 9.50 Å². The maximum atomic E-state index is 13.4. The molecule has 4 aromatic rings. The molecule has 4 heterocycles. The summed E-state index contributed by atoms with van der Waals surface area (Å²) in [4.78, 5) is 35.5. The molecule has 12 nitrogen and oxygen atoms in total. The molecule has 43 heavy (non-hydrogen) atoms. The first kappa shape index (κ1) is 29.9. The van der Waals surface area contributed by atoms with Crippen molar-refractivity contribution < 1.29 is 23.1 Å². The molecule has 0 bridgehead atoms. The Kier molecular flexibility index (Phi) is 9.48. The van der Waals surface area contributed by atoms with E-state index in [4.69, 9.17) is 10.00 Å². The monoisotopic (exact) mass is 609 g/mol. The van der Waals surface area contributed by atoms with Gasteiger partial charge in [0.25, 0.3) is 5.91 Å². The minimum Gasteiger partial charge on any atom is -0.434 e. The number of alkyl halides is 2. The van der Waals surface area contributed by atoms with Crippen LogP contribution in [-0.4, -0.2) is 91.6 Å². The molecule has 3 aromatic heterocycles. The van der Waals surface area contributed by atoms with Crippen molar-refractivity contribution in [2.75, 3.05) is 44.3 Å². The van der Waals surface area contributed by atoms with Crippen LogP contribution in [0.15, 0.2) is 53.9 Å². The van der Waals surface area contributed by atoms with Crippen molar-refractivity contribution in [3.05, 3.63) is 54.6 Å². The Morgan fingerprint density at radius 1 is 1.23 bits per heavy atom. The molecule has 15 heteroatoms. The summed E-state index contributed by atoms with van der Waals surface area (Å²) in [5.74, 6) is -0.826. The number of piperazine rings is 1. The molecule has 0 radical (unpaired) electrons. The second kappa shape index (κ2) is 13.6. The van der Waals surface area contributed by atoms with Gasteiger partial charge in [-0.2, -0.15) is 24.2 Å². The topological polar surface area (TPSA) is 134 Å². The van der Waals surface area contributed by atoms with Gasteiger partial charge in [0, 0.05) is 61.6 Å². The summed E-state index contributed by atoms with van der Waals surface area (Å²) < 4.78 is 34.3. The third-order valence-corrected chi connectivity index (χ3v) is 7.70. The molecular weight excluding hydrogens is 580 g/mol. The fraction of sp³-hybridized carbons (Fsp3) is 0.357. The van der Waals surface area contributed by atoms with Gasteiger partial charge in [-0.3, -0.25) is 19.2 Å². The van der Waals surface area contributed by atoms with E-state index in [1.165, 1.54) is 45.6 Å². The zero-order chi connectivity index (χ0) is 30.3. The molecule has 0 spiro atoms. The van der Waals surface area contributed by atoms with Crippen LogP contribution < -0.4 is 10.1 Å². The lowest BCUT2D eigenvalue weighted by Gasteiger charge is -2.34. The molecule has 1 saturated heterocycles. The lowest BCUT2D eigenvalue weighted by Crippen LogP contribution is -2.49.